The van der Waals surface area contributed by atoms with Crippen molar-refractivity contribution in [2.75, 3.05) is 31.5 Å². The lowest BCUT2D eigenvalue weighted by molar-refractivity contribution is -0.139. The van der Waals surface area contributed by atoms with E-state index in [1.165, 1.54) is 4.67 Å². The van der Waals surface area contributed by atoms with E-state index in [2.05, 4.69) is 5.09 Å². The van der Waals surface area contributed by atoms with E-state index in [9.17, 15) is 9.36 Å². The number of aliphatic carboxylic acids is 1. The zero-order chi connectivity index (χ0) is 12.2. The van der Waals surface area contributed by atoms with Crippen molar-refractivity contribution in [3.05, 3.63) is 0 Å². The van der Waals surface area contributed by atoms with Crippen LogP contribution in [-0.2, 0) is 13.9 Å². The average Bonchev–Trinajstić information content (AvgIpc) is 2.62. The summed E-state index contributed by atoms with van der Waals surface area (Å²) in [4.78, 5) is 10.7. The lowest BCUT2D eigenvalue weighted by Gasteiger charge is -2.25. The highest BCUT2D eigenvalue weighted by molar-refractivity contribution is 7.54. The standard InChI is InChI=1S/C7H13Cl2N2O4P/c8-1-3-11(4-2-9)16(14)10-6(5-15-16)7(12)13/h6H,1-5H2,(H,10,14)(H,12,13)/t6-,16+/m0/s1. The van der Waals surface area contributed by atoms with Crippen LogP contribution in [0.1, 0.15) is 0 Å². The number of carboxylic acid groups (broad SMARTS) is 1. The van der Waals surface area contributed by atoms with Crippen molar-refractivity contribution in [2.45, 2.75) is 6.04 Å². The van der Waals surface area contributed by atoms with Crippen LogP contribution in [0.3, 0.4) is 0 Å². The van der Waals surface area contributed by atoms with Crippen LogP contribution in [0.25, 0.3) is 0 Å². The molecule has 1 heterocycles. The molecule has 0 bridgehead atoms. The quantitative estimate of drug-likeness (QED) is 0.560. The van der Waals surface area contributed by atoms with Gasteiger partial charge < -0.3 is 9.63 Å². The Balaban J connectivity index is 2.69. The van der Waals surface area contributed by atoms with Crippen LogP contribution in [0.4, 0.5) is 0 Å². The van der Waals surface area contributed by atoms with Gasteiger partial charge in [-0.15, -0.1) is 23.2 Å². The van der Waals surface area contributed by atoms with Crippen LogP contribution in [0.15, 0.2) is 0 Å². The van der Waals surface area contributed by atoms with Crippen LogP contribution in [-0.4, -0.2) is 53.2 Å². The van der Waals surface area contributed by atoms with E-state index in [1.54, 1.807) is 0 Å². The molecule has 1 aliphatic rings. The summed E-state index contributed by atoms with van der Waals surface area (Å²) in [7, 11) is -3.29. The molecular formula is C7H13Cl2N2O4P. The van der Waals surface area contributed by atoms with E-state index in [0.717, 1.165) is 0 Å². The second-order valence-corrected chi connectivity index (χ2v) is 6.05. The molecular weight excluding hydrogens is 278 g/mol. The summed E-state index contributed by atoms with van der Waals surface area (Å²) in [5, 5.41) is 11.2. The molecule has 1 saturated heterocycles. The maximum atomic E-state index is 12.2. The van der Waals surface area contributed by atoms with Crippen molar-refractivity contribution in [1.29, 1.82) is 0 Å². The molecule has 0 aromatic carbocycles. The van der Waals surface area contributed by atoms with Crippen molar-refractivity contribution < 1.29 is 19.0 Å². The summed E-state index contributed by atoms with van der Waals surface area (Å²) in [5.74, 6) is -0.553. The van der Waals surface area contributed by atoms with E-state index in [4.69, 9.17) is 32.8 Å². The zero-order valence-corrected chi connectivity index (χ0v) is 10.8. The Morgan fingerprint density at radius 3 is 2.44 bits per heavy atom. The number of halogens is 2. The van der Waals surface area contributed by atoms with Crippen molar-refractivity contribution in [2.24, 2.45) is 0 Å². The monoisotopic (exact) mass is 290 g/mol. The molecule has 0 unspecified atom stereocenters. The average molecular weight is 291 g/mol. The van der Waals surface area contributed by atoms with Gasteiger partial charge in [-0.2, -0.15) is 0 Å². The summed E-state index contributed by atoms with van der Waals surface area (Å²) in [6.45, 7) is 0.531. The topological polar surface area (TPSA) is 78.9 Å². The molecule has 0 saturated carbocycles. The fourth-order valence-corrected chi connectivity index (χ4v) is 4.01. The SMILES string of the molecule is O=C(O)[C@@H]1CO[P@@](=O)(N(CCCl)CCCl)N1. The number of carboxylic acids is 1. The van der Waals surface area contributed by atoms with E-state index >= 15 is 0 Å². The Kier molecular flexibility index (Phi) is 5.50. The third-order valence-corrected chi connectivity index (χ3v) is 4.71. The van der Waals surface area contributed by atoms with Crippen molar-refractivity contribution >= 4 is 36.8 Å². The molecule has 2 N–H and O–H groups in total. The first-order valence-corrected chi connectivity index (χ1v) is 7.30. The van der Waals surface area contributed by atoms with Crippen molar-refractivity contribution in [3.63, 3.8) is 0 Å². The maximum absolute atomic E-state index is 12.2. The minimum atomic E-state index is -3.29. The van der Waals surface area contributed by atoms with Crippen LogP contribution in [0.2, 0.25) is 0 Å². The van der Waals surface area contributed by atoms with E-state index in [0.29, 0.717) is 13.1 Å². The molecule has 0 spiro atoms. The van der Waals surface area contributed by atoms with Crippen molar-refractivity contribution in [1.82, 2.24) is 9.76 Å². The number of alkyl halides is 2. The molecule has 0 aromatic rings. The normalized spacial score (nSPS) is 29.8. The maximum Gasteiger partial charge on any atom is 0.344 e. The predicted octanol–water partition coefficient (Wildman–Crippen LogP) is 0.947. The third kappa shape index (κ3) is 3.32. The second kappa shape index (κ2) is 6.19. The van der Waals surface area contributed by atoms with Gasteiger partial charge in [0.15, 0.2) is 0 Å². The first kappa shape index (κ1) is 14.2. The predicted molar refractivity (Wildman–Crippen MR) is 61.1 cm³/mol. The third-order valence-electron chi connectivity index (χ3n) is 2.09. The minimum absolute atomic E-state index is 0.117. The van der Waals surface area contributed by atoms with Crippen LogP contribution in [0, 0.1) is 0 Å². The molecule has 1 aliphatic heterocycles. The largest absolute Gasteiger partial charge is 0.480 e. The van der Waals surface area contributed by atoms with Gasteiger partial charge in [0.25, 0.3) is 0 Å². The fraction of sp³-hybridized carbons (Fsp3) is 0.857. The summed E-state index contributed by atoms with van der Waals surface area (Å²) in [6.07, 6.45) is 0. The van der Waals surface area contributed by atoms with Gasteiger partial charge in [0, 0.05) is 24.8 Å². The zero-order valence-electron chi connectivity index (χ0n) is 8.44. The van der Waals surface area contributed by atoms with Gasteiger partial charge in [0.05, 0.1) is 6.61 Å². The number of nitrogens with one attached hydrogen (secondary N) is 1. The highest BCUT2D eigenvalue weighted by Gasteiger charge is 2.42. The van der Waals surface area contributed by atoms with Crippen LogP contribution < -0.4 is 5.09 Å². The van der Waals surface area contributed by atoms with Gasteiger partial charge in [-0.05, 0) is 0 Å². The molecule has 94 valence electrons. The van der Waals surface area contributed by atoms with E-state index < -0.39 is 19.7 Å². The van der Waals surface area contributed by atoms with Gasteiger partial charge in [0.2, 0.25) is 0 Å². The Morgan fingerprint density at radius 1 is 1.50 bits per heavy atom. The Hall–Kier alpha value is 0.160. The first-order valence-electron chi connectivity index (χ1n) is 4.66. The van der Waals surface area contributed by atoms with Gasteiger partial charge >= 0.3 is 13.6 Å². The summed E-state index contributed by atoms with van der Waals surface area (Å²) < 4.78 is 18.7. The first-order chi connectivity index (χ1) is 7.53. The summed E-state index contributed by atoms with van der Waals surface area (Å²) in [6, 6.07) is -0.945. The smallest absolute Gasteiger partial charge is 0.344 e. The number of carbonyl (C=O) groups is 1. The molecule has 1 rings (SSSR count). The number of rotatable bonds is 6. The Labute approximate surface area is 103 Å². The summed E-state index contributed by atoms with van der Waals surface area (Å²) >= 11 is 11.1. The Morgan fingerprint density at radius 2 is 2.06 bits per heavy atom. The molecule has 16 heavy (non-hydrogen) atoms. The molecule has 9 heteroatoms. The molecule has 0 radical (unpaired) electrons. The lowest BCUT2D eigenvalue weighted by atomic mass is 10.3. The fourth-order valence-electron chi connectivity index (χ4n) is 1.31. The van der Waals surface area contributed by atoms with Crippen LogP contribution >= 0.6 is 30.9 Å². The van der Waals surface area contributed by atoms with E-state index in [1.807, 2.05) is 0 Å². The highest BCUT2D eigenvalue weighted by atomic mass is 35.5. The molecule has 2 atom stereocenters. The molecule has 0 amide bonds. The Bertz CT molecular complexity index is 298. The summed E-state index contributed by atoms with van der Waals surface area (Å²) in [5.41, 5.74) is 0. The number of nitrogens with zero attached hydrogens (tertiary/aromatic N) is 1. The van der Waals surface area contributed by atoms with Crippen molar-refractivity contribution in [3.8, 4) is 0 Å². The molecule has 0 aliphatic carbocycles. The van der Waals surface area contributed by atoms with Gasteiger partial charge in [-0.3, -0.25) is 9.36 Å². The van der Waals surface area contributed by atoms with Gasteiger partial charge in [0.1, 0.15) is 6.04 Å². The van der Waals surface area contributed by atoms with Gasteiger partial charge in [-0.25, -0.2) is 9.76 Å². The molecule has 6 nitrogen and oxygen atoms in total. The van der Waals surface area contributed by atoms with Gasteiger partial charge in [-0.1, -0.05) is 0 Å². The molecule has 1 fully saturated rings. The van der Waals surface area contributed by atoms with Crippen LogP contribution in [0.5, 0.6) is 0 Å². The number of hydrogen-bond donors (Lipinski definition) is 2. The second-order valence-electron chi connectivity index (χ2n) is 3.17. The van der Waals surface area contributed by atoms with E-state index in [-0.39, 0.29) is 18.4 Å². The lowest BCUT2D eigenvalue weighted by Crippen LogP contribution is -2.35. The minimum Gasteiger partial charge on any atom is -0.480 e. The molecule has 0 aromatic heterocycles. The number of hydrogen-bond acceptors (Lipinski definition) is 3. The highest BCUT2D eigenvalue weighted by Crippen LogP contribution is 2.50.